The van der Waals surface area contributed by atoms with Crippen LogP contribution < -0.4 is 4.90 Å². The number of anilines is 1. The first kappa shape index (κ1) is 28.2. The van der Waals surface area contributed by atoms with E-state index in [-0.39, 0.29) is 17.9 Å². The minimum atomic E-state index is -0.0674. The fraction of sp³-hybridized carbons (Fsp3) is 0.333. The highest BCUT2D eigenvalue weighted by atomic mass is 16.2. The van der Waals surface area contributed by atoms with E-state index >= 15 is 0 Å². The molecule has 0 N–H and O–H groups in total. The van der Waals surface area contributed by atoms with Crippen LogP contribution in [-0.4, -0.2) is 62.6 Å². The number of amides is 2. The van der Waals surface area contributed by atoms with Crippen molar-refractivity contribution in [3.63, 3.8) is 0 Å². The van der Waals surface area contributed by atoms with Crippen LogP contribution in [0.1, 0.15) is 54.8 Å². The Hall–Kier alpha value is -4.30. The number of carbonyl (C=O) groups is 2. The second kappa shape index (κ2) is 12.9. The number of carbonyl (C=O) groups excluding carboxylic acids is 2. The van der Waals surface area contributed by atoms with E-state index in [1.165, 1.54) is 5.56 Å². The van der Waals surface area contributed by atoms with Crippen LogP contribution in [0.2, 0.25) is 0 Å². The molecule has 0 bridgehead atoms. The van der Waals surface area contributed by atoms with Gasteiger partial charge in [-0.15, -0.1) is 0 Å². The molecule has 1 aliphatic rings. The molecular weight excluding hydrogens is 512 g/mol. The number of fused-ring (bicyclic) bond motifs is 1. The summed E-state index contributed by atoms with van der Waals surface area (Å²) < 4.78 is 1.78. The van der Waals surface area contributed by atoms with Crippen LogP contribution >= 0.6 is 0 Å². The Balaban J connectivity index is 1.55. The lowest BCUT2D eigenvalue weighted by molar-refractivity contribution is -0.116. The second-order valence-electron chi connectivity index (χ2n) is 10.9. The van der Waals surface area contributed by atoms with Gasteiger partial charge in [0.05, 0.1) is 0 Å². The summed E-state index contributed by atoms with van der Waals surface area (Å²) in [6.07, 6.45) is 6.10. The summed E-state index contributed by atoms with van der Waals surface area (Å²) in [6, 6.07) is 22.3. The average Bonchev–Trinajstić information content (AvgIpc) is 3.47. The Morgan fingerprint density at radius 2 is 1.71 bits per heavy atom. The maximum Gasteiger partial charge on any atom is 0.272 e. The molecule has 3 heterocycles. The van der Waals surface area contributed by atoms with Crippen molar-refractivity contribution in [2.24, 2.45) is 0 Å². The van der Waals surface area contributed by atoms with Gasteiger partial charge in [0, 0.05) is 76.5 Å². The normalized spacial score (nSPS) is 14.9. The van der Waals surface area contributed by atoms with E-state index in [1.54, 1.807) is 30.1 Å². The third kappa shape index (κ3) is 6.72. The third-order valence-corrected chi connectivity index (χ3v) is 7.56. The van der Waals surface area contributed by atoms with Crippen LogP contribution in [0, 0.1) is 0 Å². The molecule has 8 nitrogen and oxygen atoms in total. The van der Waals surface area contributed by atoms with Crippen molar-refractivity contribution in [3.8, 4) is 11.1 Å². The highest BCUT2D eigenvalue weighted by Gasteiger charge is 2.26. The molecule has 2 amide bonds. The highest BCUT2D eigenvalue weighted by Crippen LogP contribution is 2.30. The molecule has 0 spiro atoms. The van der Waals surface area contributed by atoms with Gasteiger partial charge in [0.25, 0.3) is 5.91 Å². The van der Waals surface area contributed by atoms with Crippen molar-refractivity contribution in [2.45, 2.75) is 46.3 Å². The summed E-state index contributed by atoms with van der Waals surface area (Å²) in [4.78, 5) is 37.5. The van der Waals surface area contributed by atoms with E-state index < -0.39 is 0 Å². The number of hydrogen-bond acceptors (Lipinski definition) is 5. The number of aromatic nitrogens is 3. The summed E-state index contributed by atoms with van der Waals surface area (Å²) in [5, 5.41) is 4.43. The zero-order valence-corrected chi connectivity index (χ0v) is 24.1. The summed E-state index contributed by atoms with van der Waals surface area (Å²) in [6.45, 7) is 9.50. The Morgan fingerprint density at radius 1 is 0.878 bits per heavy atom. The number of nitrogens with zero attached hydrogens (tertiary/aromatic N) is 6. The van der Waals surface area contributed by atoms with Gasteiger partial charge in [-0.3, -0.25) is 24.2 Å². The number of rotatable bonds is 5. The van der Waals surface area contributed by atoms with Crippen molar-refractivity contribution < 1.29 is 9.59 Å². The maximum atomic E-state index is 14.1. The first-order valence-electron chi connectivity index (χ1n) is 14.3. The van der Waals surface area contributed by atoms with Gasteiger partial charge in [0.1, 0.15) is 5.69 Å². The molecule has 2 aromatic carbocycles. The predicted molar refractivity (Wildman–Crippen MR) is 161 cm³/mol. The van der Waals surface area contributed by atoms with Crippen molar-refractivity contribution >= 4 is 17.5 Å². The first-order valence-corrected chi connectivity index (χ1v) is 14.3. The van der Waals surface area contributed by atoms with Crippen LogP contribution in [0.25, 0.3) is 11.1 Å². The van der Waals surface area contributed by atoms with Crippen LogP contribution in [0.15, 0.2) is 85.3 Å². The quantitative estimate of drug-likeness (QED) is 0.331. The second-order valence-corrected chi connectivity index (χ2v) is 10.9. The standard InChI is InChI=1S/C33H38N6O2/c1-25(2)39-32(14-16-35-39)33(41)37-20-19-36(23-27-9-5-4-6-10-27)17-8-18-38(26(3)40)31-13-12-28(21-30(31)24-37)29-11-7-15-34-22-29/h4-7,9-16,21-22,25H,8,17-20,23-24H2,1-3H3. The molecule has 0 atom stereocenters. The fourth-order valence-electron chi connectivity index (χ4n) is 5.48. The molecule has 212 valence electrons. The summed E-state index contributed by atoms with van der Waals surface area (Å²) >= 11 is 0. The van der Waals surface area contributed by atoms with E-state index in [0.717, 1.165) is 41.9 Å². The van der Waals surface area contributed by atoms with Crippen molar-refractivity contribution in [1.29, 1.82) is 0 Å². The minimum Gasteiger partial charge on any atom is -0.332 e. The minimum absolute atomic E-state index is 0.00926. The van der Waals surface area contributed by atoms with Crippen LogP contribution in [0.5, 0.6) is 0 Å². The zero-order valence-electron chi connectivity index (χ0n) is 24.1. The molecule has 0 saturated heterocycles. The molecular formula is C33H38N6O2. The van der Waals surface area contributed by atoms with Gasteiger partial charge < -0.3 is 9.80 Å². The van der Waals surface area contributed by atoms with E-state index in [4.69, 9.17) is 0 Å². The molecule has 0 radical (unpaired) electrons. The SMILES string of the molecule is CC(=O)N1CCCN(Cc2ccccc2)CCN(C(=O)c2ccnn2C(C)C)Cc2cc(-c3cccnc3)ccc21. The fourth-order valence-corrected chi connectivity index (χ4v) is 5.48. The Morgan fingerprint density at radius 3 is 2.44 bits per heavy atom. The largest absolute Gasteiger partial charge is 0.332 e. The lowest BCUT2D eigenvalue weighted by Crippen LogP contribution is -2.39. The first-order chi connectivity index (χ1) is 19.9. The van der Waals surface area contributed by atoms with E-state index in [9.17, 15) is 9.59 Å². The molecule has 4 aromatic rings. The smallest absolute Gasteiger partial charge is 0.272 e. The van der Waals surface area contributed by atoms with Gasteiger partial charge in [0.2, 0.25) is 5.91 Å². The monoisotopic (exact) mass is 550 g/mol. The van der Waals surface area contributed by atoms with Crippen LogP contribution in [-0.2, 0) is 17.9 Å². The summed E-state index contributed by atoms with van der Waals surface area (Å²) in [5.41, 5.74) is 5.56. The van der Waals surface area contributed by atoms with Gasteiger partial charge >= 0.3 is 0 Å². The number of pyridine rings is 1. The molecule has 8 heteroatoms. The predicted octanol–water partition coefficient (Wildman–Crippen LogP) is 5.43. The van der Waals surface area contributed by atoms with Gasteiger partial charge in [-0.2, -0.15) is 5.10 Å². The van der Waals surface area contributed by atoms with Gasteiger partial charge in [-0.05, 0) is 66.8 Å². The summed E-state index contributed by atoms with van der Waals surface area (Å²) in [7, 11) is 0. The number of benzene rings is 2. The lowest BCUT2D eigenvalue weighted by Gasteiger charge is -2.29. The Kier molecular flexibility index (Phi) is 8.89. The lowest BCUT2D eigenvalue weighted by atomic mass is 10.0. The molecule has 1 aliphatic heterocycles. The highest BCUT2D eigenvalue weighted by molar-refractivity contribution is 5.94. The molecule has 0 saturated carbocycles. The topological polar surface area (TPSA) is 74.6 Å². The van der Waals surface area contributed by atoms with Gasteiger partial charge in [-0.25, -0.2) is 0 Å². The Labute approximate surface area is 242 Å². The molecule has 41 heavy (non-hydrogen) atoms. The average molecular weight is 551 g/mol. The molecule has 0 fully saturated rings. The van der Waals surface area contributed by atoms with Crippen LogP contribution in [0.4, 0.5) is 5.69 Å². The van der Waals surface area contributed by atoms with Crippen LogP contribution in [0.3, 0.4) is 0 Å². The maximum absolute atomic E-state index is 14.1. The molecule has 2 aromatic heterocycles. The van der Waals surface area contributed by atoms with E-state index in [1.807, 2.05) is 60.2 Å². The third-order valence-electron chi connectivity index (χ3n) is 7.56. The van der Waals surface area contributed by atoms with Crippen molar-refractivity contribution in [3.05, 3.63) is 102 Å². The van der Waals surface area contributed by atoms with Crippen molar-refractivity contribution in [2.75, 3.05) is 31.1 Å². The zero-order chi connectivity index (χ0) is 28.8. The molecule has 5 rings (SSSR count). The summed E-state index contributed by atoms with van der Waals surface area (Å²) in [5.74, 6) is -0.0767. The Bertz CT molecular complexity index is 1470. The number of hydrogen-bond donors (Lipinski definition) is 0. The van der Waals surface area contributed by atoms with E-state index in [0.29, 0.717) is 31.9 Å². The van der Waals surface area contributed by atoms with Gasteiger partial charge in [-0.1, -0.05) is 42.5 Å². The van der Waals surface area contributed by atoms with Gasteiger partial charge in [0.15, 0.2) is 0 Å². The molecule has 0 aliphatic carbocycles. The van der Waals surface area contributed by atoms with Crippen molar-refractivity contribution in [1.82, 2.24) is 24.6 Å². The molecule has 0 unspecified atom stereocenters. The van der Waals surface area contributed by atoms with E-state index in [2.05, 4.69) is 45.3 Å².